The minimum atomic E-state index is -0.226. The van der Waals surface area contributed by atoms with E-state index in [4.69, 9.17) is 10.5 Å². The van der Waals surface area contributed by atoms with Crippen LogP contribution in [0.4, 0.5) is 4.39 Å². The Morgan fingerprint density at radius 2 is 2.24 bits per heavy atom. The molecule has 1 aliphatic carbocycles. The normalized spacial score (nSPS) is 19.1. The molecule has 1 saturated carbocycles. The second kappa shape index (κ2) is 5.46. The molecule has 0 spiro atoms. The number of hydrogen-bond acceptors (Lipinski definition) is 2. The van der Waals surface area contributed by atoms with Crippen molar-refractivity contribution in [2.75, 3.05) is 7.11 Å². The van der Waals surface area contributed by atoms with Gasteiger partial charge >= 0.3 is 0 Å². The molecule has 2 rings (SSSR count). The number of halogens is 2. The van der Waals surface area contributed by atoms with E-state index in [9.17, 15) is 4.39 Å². The summed E-state index contributed by atoms with van der Waals surface area (Å²) in [6.07, 6.45) is 3.10. The van der Waals surface area contributed by atoms with Gasteiger partial charge in [-0.3, -0.25) is 0 Å². The zero-order chi connectivity index (χ0) is 12.4. The van der Waals surface area contributed by atoms with Crippen molar-refractivity contribution in [1.82, 2.24) is 0 Å². The fraction of sp³-hybridized carbons (Fsp3) is 0.538. The van der Waals surface area contributed by atoms with Gasteiger partial charge in [-0.25, -0.2) is 4.39 Å². The minimum absolute atomic E-state index is 0.0781. The number of methoxy groups -OCH3 is 1. The van der Waals surface area contributed by atoms with Gasteiger partial charge in [-0.2, -0.15) is 0 Å². The average Bonchev–Trinajstić information content (AvgIpc) is 3.09. The standard InChI is InChI=1S/C13H17BrFNO/c1-17-13(8-2-3-8)12(16)7-9-6-10(15)4-5-11(9)14/h4-6,8,12-13H,2-3,7,16H2,1H3. The first kappa shape index (κ1) is 13.0. The van der Waals surface area contributed by atoms with Crippen LogP contribution in [0.15, 0.2) is 22.7 Å². The van der Waals surface area contributed by atoms with E-state index in [-0.39, 0.29) is 18.0 Å². The second-order valence-corrected chi connectivity index (χ2v) is 5.50. The summed E-state index contributed by atoms with van der Waals surface area (Å²) in [5, 5.41) is 0. The van der Waals surface area contributed by atoms with Gasteiger partial charge in [0, 0.05) is 17.6 Å². The first-order valence-corrected chi connectivity index (χ1v) is 6.63. The van der Waals surface area contributed by atoms with Crippen molar-refractivity contribution in [3.63, 3.8) is 0 Å². The quantitative estimate of drug-likeness (QED) is 0.907. The molecule has 0 amide bonds. The summed E-state index contributed by atoms with van der Waals surface area (Å²) < 4.78 is 19.5. The highest BCUT2D eigenvalue weighted by Crippen LogP contribution is 2.36. The van der Waals surface area contributed by atoms with Gasteiger partial charge in [0.1, 0.15) is 5.82 Å². The Labute approximate surface area is 109 Å². The van der Waals surface area contributed by atoms with Crippen molar-refractivity contribution in [1.29, 1.82) is 0 Å². The van der Waals surface area contributed by atoms with Crippen molar-refractivity contribution in [2.24, 2.45) is 11.7 Å². The van der Waals surface area contributed by atoms with Gasteiger partial charge in [-0.05, 0) is 48.9 Å². The molecule has 1 aliphatic rings. The highest BCUT2D eigenvalue weighted by molar-refractivity contribution is 9.10. The molecular formula is C13H17BrFNO. The number of ether oxygens (including phenoxy) is 1. The number of benzene rings is 1. The summed E-state index contributed by atoms with van der Waals surface area (Å²) in [7, 11) is 1.70. The summed E-state index contributed by atoms with van der Waals surface area (Å²) >= 11 is 3.42. The highest BCUT2D eigenvalue weighted by Gasteiger charge is 2.35. The third kappa shape index (κ3) is 3.27. The van der Waals surface area contributed by atoms with Gasteiger partial charge in [0.2, 0.25) is 0 Å². The van der Waals surface area contributed by atoms with Gasteiger partial charge in [-0.1, -0.05) is 15.9 Å². The van der Waals surface area contributed by atoms with Crippen LogP contribution in [0.5, 0.6) is 0 Å². The topological polar surface area (TPSA) is 35.2 Å². The van der Waals surface area contributed by atoms with Crippen LogP contribution in [0.2, 0.25) is 0 Å². The molecular weight excluding hydrogens is 285 g/mol. The number of rotatable bonds is 5. The smallest absolute Gasteiger partial charge is 0.123 e. The maximum absolute atomic E-state index is 13.2. The molecule has 0 bridgehead atoms. The minimum Gasteiger partial charge on any atom is -0.380 e. The van der Waals surface area contributed by atoms with E-state index in [0.717, 1.165) is 10.0 Å². The van der Waals surface area contributed by atoms with Crippen molar-refractivity contribution in [3.8, 4) is 0 Å². The monoisotopic (exact) mass is 301 g/mol. The Kier molecular flexibility index (Phi) is 4.17. The maximum atomic E-state index is 13.2. The van der Waals surface area contributed by atoms with Gasteiger partial charge in [0.05, 0.1) is 6.10 Å². The zero-order valence-electron chi connectivity index (χ0n) is 9.83. The van der Waals surface area contributed by atoms with E-state index < -0.39 is 0 Å². The van der Waals surface area contributed by atoms with Crippen molar-refractivity contribution in [2.45, 2.75) is 31.4 Å². The molecule has 2 nitrogen and oxygen atoms in total. The molecule has 0 aromatic heterocycles. The maximum Gasteiger partial charge on any atom is 0.123 e. The molecule has 17 heavy (non-hydrogen) atoms. The fourth-order valence-corrected chi connectivity index (χ4v) is 2.62. The van der Waals surface area contributed by atoms with E-state index >= 15 is 0 Å². The molecule has 2 N–H and O–H groups in total. The molecule has 0 radical (unpaired) electrons. The van der Waals surface area contributed by atoms with Crippen LogP contribution >= 0.6 is 15.9 Å². The third-order valence-electron chi connectivity index (χ3n) is 3.24. The van der Waals surface area contributed by atoms with E-state index in [1.807, 2.05) is 0 Å². The average molecular weight is 302 g/mol. The first-order chi connectivity index (χ1) is 8.11. The van der Waals surface area contributed by atoms with Crippen LogP contribution in [0.25, 0.3) is 0 Å². The van der Waals surface area contributed by atoms with Crippen LogP contribution in [0.1, 0.15) is 18.4 Å². The SMILES string of the molecule is COC(C(N)Cc1cc(F)ccc1Br)C1CC1. The first-order valence-electron chi connectivity index (χ1n) is 5.84. The van der Waals surface area contributed by atoms with Crippen molar-refractivity contribution in [3.05, 3.63) is 34.1 Å². The Morgan fingerprint density at radius 1 is 1.53 bits per heavy atom. The second-order valence-electron chi connectivity index (χ2n) is 4.64. The summed E-state index contributed by atoms with van der Waals surface area (Å²) in [6, 6.07) is 4.61. The largest absolute Gasteiger partial charge is 0.380 e. The van der Waals surface area contributed by atoms with Gasteiger partial charge < -0.3 is 10.5 Å². The molecule has 1 aromatic rings. The lowest BCUT2D eigenvalue weighted by Crippen LogP contribution is -2.39. The zero-order valence-corrected chi connectivity index (χ0v) is 11.4. The Morgan fingerprint density at radius 3 is 2.82 bits per heavy atom. The Balaban J connectivity index is 2.05. The molecule has 4 heteroatoms. The number of nitrogens with two attached hydrogens (primary N) is 1. The molecule has 2 unspecified atom stereocenters. The summed E-state index contributed by atoms with van der Waals surface area (Å²) in [5.41, 5.74) is 7.06. The summed E-state index contributed by atoms with van der Waals surface area (Å²) in [6.45, 7) is 0. The van der Waals surface area contributed by atoms with Crippen molar-refractivity contribution >= 4 is 15.9 Å². The van der Waals surface area contributed by atoms with Crippen molar-refractivity contribution < 1.29 is 9.13 Å². The molecule has 0 aliphatic heterocycles. The predicted octanol–water partition coefficient (Wildman–Crippen LogP) is 2.88. The number of hydrogen-bond donors (Lipinski definition) is 1. The van der Waals surface area contributed by atoms with Crippen LogP contribution in [-0.4, -0.2) is 19.3 Å². The van der Waals surface area contributed by atoms with Crippen LogP contribution < -0.4 is 5.73 Å². The van der Waals surface area contributed by atoms with Crippen LogP contribution in [0, 0.1) is 11.7 Å². The molecule has 94 valence electrons. The molecule has 1 aromatic carbocycles. The van der Waals surface area contributed by atoms with E-state index in [0.29, 0.717) is 12.3 Å². The van der Waals surface area contributed by atoms with Gasteiger partial charge in [0.25, 0.3) is 0 Å². The molecule has 0 saturated heterocycles. The highest BCUT2D eigenvalue weighted by atomic mass is 79.9. The Hall–Kier alpha value is -0.450. The summed E-state index contributed by atoms with van der Waals surface area (Å²) in [5.74, 6) is 0.359. The predicted molar refractivity (Wildman–Crippen MR) is 69.3 cm³/mol. The van der Waals surface area contributed by atoms with E-state index in [1.54, 1.807) is 13.2 Å². The van der Waals surface area contributed by atoms with E-state index in [1.165, 1.54) is 25.0 Å². The van der Waals surface area contributed by atoms with Gasteiger partial charge in [-0.15, -0.1) is 0 Å². The fourth-order valence-electron chi connectivity index (χ4n) is 2.21. The van der Waals surface area contributed by atoms with Gasteiger partial charge in [0.15, 0.2) is 0 Å². The third-order valence-corrected chi connectivity index (χ3v) is 4.02. The molecule has 1 fully saturated rings. The molecule has 2 atom stereocenters. The lowest BCUT2D eigenvalue weighted by atomic mass is 9.99. The lowest BCUT2D eigenvalue weighted by Gasteiger charge is -2.22. The Bertz CT molecular complexity index is 395. The van der Waals surface area contributed by atoms with Crippen LogP contribution in [-0.2, 0) is 11.2 Å². The molecule has 0 heterocycles. The van der Waals surface area contributed by atoms with E-state index in [2.05, 4.69) is 15.9 Å². The summed E-state index contributed by atoms with van der Waals surface area (Å²) in [4.78, 5) is 0. The lowest BCUT2D eigenvalue weighted by molar-refractivity contribution is 0.0626. The van der Waals surface area contributed by atoms with Crippen LogP contribution in [0.3, 0.4) is 0 Å².